The lowest BCUT2D eigenvalue weighted by molar-refractivity contribution is 0.0696. The number of hydrogen-bond acceptors (Lipinski definition) is 5. The molecule has 2 N–H and O–H groups in total. The summed E-state index contributed by atoms with van der Waals surface area (Å²) in [4.78, 5) is 29.9. The fourth-order valence-electron chi connectivity index (χ4n) is 3.80. The van der Waals surface area contributed by atoms with Crippen LogP contribution in [0, 0.1) is 17.6 Å². The molecule has 0 unspecified atom stereocenters. The highest BCUT2D eigenvalue weighted by molar-refractivity contribution is 6.04. The van der Waals surface area contributed by atoms with Gasteiger partial charge in [0.2, 0.25) is 0 Å². The smallest absolute Gasteiger partial charge is 0.335 e. The highest BCUT2D eigenvalue weighted by atomic mass is 19.1. The van der Waals surface area contributed by atoms with Crippen molar-refractivity contribution >= 4 is 23.4 Å². The Balaban J connectivity index is 1.27. The van der Waals surface area contributed by atoms with Gasteiger partial charge in [-0.05, 0) is 61.2 Å². The summed E-state index contributed by atoms with van der Waals surface area (Å²) in [6.07, 6.45) is 3.29. The molecule has 1 amide bonds. The van der Waals surface area contributed by atoms with Crippen molar-refractivity contribution in [2.45, 2.75) is 12.8 Å². The molecule has 9 heteroatoms. The van der Waals surface area contributed by atoms with Crippen molar-refractivity contribution in [3.63, 3.8) is 0 Å². The lowest BCUT2D eigenvalue weighted by Crippen LogP contribution is -2.36. The molecular weight excluding hydrogens is 444 g/mol. The summed E-state index contributed by atoms with van der Waals surface area (Å²) < 4.78 is 32.4. The van der Waals surface area contributed by atoms with E-state index in [1.807, 2.05) is 0 Å². The van der Waals surface area contributed by atoms with E-state index in [1.165, 1.54) is 18.3 Å². The van der Waals surface area contributed by atoms with E-state index >= 15 is 0 Å². The van der Waals surface area contributed by atoms with Crippen molar-refractivity contribution in [2.24, 2.45) is 5.92 Å². The second kappa shape index (κ2) is 10.3. The van der Waals surface area contributed by atoms with Crippen LogP contribution in [0.2, 0.25) is 0 Å². The molecule has 176 valence electrons. The van der Waals surface area contributed by atoms with Crippen LogP contribution >= 0.6 is 0 Å². The molecule has 0 spiro atoms. The fraction of sp³-hybridized carbons (Fsp3) is 0.240. The maximum Gasteiger partial charge on any atom is 0.335 e. The average molecular weight is 467 g/mol. The summed E-state index contributed by atoms with van der Waals surface area (Å²) in [7, 11) is 0. The first-order valence-corrected chi connectivity index (χ1v) is 10.8. The van der Waals surface area contributed by atoms with Crippen molar-refractivity contribution in [3.8, 4) is 5.75 Å². The Hall–Kier alpha value is -4.01. The molecule has 0 radical (unpaired) electrons. The van der Waals surface area contributed by atoms with Crippen molar-refractivity contribution in [1.82, 2.24) is 4.98 Å². The van der Waals surface area contributed by atoms with Gasteiger partial charge in [-0.15, -0.1) is 0 Å². The molecule has 2 heterocycles. The Labute approximate surface area is 195 Å². The highest BCUT2D eigenvalue weighted by Gasteiger charge is 2.21. The van der Waals surface area contributed by atoms with Gasteiger partial charge in [0.1, 0.15) is 23.2 Å². The van der Waals surface area contributed by atoms with Crippen LogP contribution in [0.3, 0.4) is 0 Å². The normalized spacial score (nSPS) is 14.0. The van der Waals surface area contributed by atoms with Gasteiger partial charge in [0.25, 0.3) is 5.91 Å². The third kappa shape index (κ3) is 5.86. The summed E-state index contributed by atoms with van der Waals surface area (Å²) in [5.41, 5.74) is 0.506. The molecule has 0 aliphatic carbocycles. The van der Waals surface area contributed by atoms with Crippen molar-refractivity contribution in [1.29, 1.82) is 0 Å². The number of halogens is 2. The summed E-state index contributed by atoms with van der Waals surface area (Å²) >= 11 is 0. The number of carboxylic acid groups (broad SMARTS) is 1. The third-order valence-corrected chi connectivity index (χ3v) is 5.64. The van der Waals surface area contributed by atoms with Gasteiger partial charge in [-0.2, -0.15) is 0 Å². The lowest BCUT2D eigenvalue weighted by Gasteiger charge is -2.32. The highest BCUT2D eigenvalue weighted by Crippen LogP contribution is 2.24. The van der Waals surface area contributed by atoms with Crippen LogP contribution in [-0.4, -0.2) is 41.7 Å². The number of benzene rings is 2. The van der Waals surface area contributed by atoms with E-state index in [0.29, 0.717) is 30.0 Å². The summed E-state index contributed by atoms with van der Waals surface area (Å²) in [5, 5.41) is 11.7. The number of rotatable bonds is 7. The molecule has 7 nitrogen and oxygen atoms in total. The molecule has 4 rings (SSSR count). The first-order chi connectivity index (χ1) is 16.4. The minimum atomic E-state index is -0.986. The number of carboxylic acids is 1. The monoisotopic (exact) mass is 467 g/mol. The number of carbonyl (C=O) groups excluding carboxylic acids is 1. The first-order valence-electron chi connectivity index (χ1n) is 10.8. The van der Waals surface area contributed by atoms with Crippen molar-refractivity contribution in [2.75, 3.05) is 29.9 Å². The number of pyridine rings is 1. The van der Waals surface area contributed by atoms with Crippen molar-refractivity contribution < 1.29 is 28.2 Å². The number of carbonyl (C=O) groups is 2. The number of amides is 1. The van der Waals surface area contributed by atoms with Crippen LogP contribution in [0.15, 0.2) is 60.8 Å². The largest absolute Gasteiger partial charge is 0.493 e. The Morgan fingerprint density at radius 3 is 2.41 bits per heavy atom. The third-order valence-electron chi connectivity index (χ3n) is 5.64. The van der Waals surface area contributed by atoms with E-state index in [0.717, 1.165) is 43.9 Å². The maximum atomic E-state index is 13.3. The number of aromatic carboxylic acids is 1. The number of piperidine rings is 1. The minimum Gasteiger partial charge on any atom is -0.493 e. The molecule has 1 fully saturated rings. The number of nitrogens with one attached hydrogen (secondary N) is 1. The second-order valence-corrected chi connectivity index (χ2v) is 8.09. The van der Waals surface area contributed by atoms with Gasteiger partial charge in [0.15, 0.2) is 0 Å². The average Bonchev–Trinajstić information content (AvgIpc) is 2.83. The van der Waals surface area contributed by atoms with E-state index in [2.05, 4.69) is 15.2 Å². The van der Waals surface area contributed by atoms with Gasteiger partial charge in [0.05, 0.1) is 24.1 Å². The molecule has 0 atom stereocenters. The zero-order valence-corrected chi connectivity index (χ0v) is 18.2. The summed E-state index contributed by atoms with van der Waals surface area (Å²) in [5.74, 6) is -1.59. The zero-order chi connectivity index (χ0) is 24.1. The number of ether oxygens (including phenoxy) is 1. The number of hydrogen-bond donors (Lipinski definition) is 2. The first kappa shape index (κ1) is 23.2. The lowest BCUT2D eigenvalue weighted by atomic mass is 9.98. The predicted molar refractivity (Wildman–Crippen MR) is 122 cm³/mol. The summed E-state index contributed by atoms with van der Waals surface area (Å²) in [6, 6.07) is 12.6. The van der Waals surface area contributed by atoms with E-state index in [9.17, 15) is 18.4 Å². The van der Waals surface area contributed by atoms with E-state index < -0.39 is 23.5 Å². The van der Waals surface area contributed by atoms with E-state index in [1.54, 1.807) is 24.3 Å². The van der Waals surface area contributed by atoms with Crippen LogP contribution in [0.5, 0.6) is 5.75 Å². The molecule has 1 saturated heterocycles. The van der Waals surface area contributed by atoms with Gasteiger partial charge in [-0.25, -0.2) is 18.6 Å². The molecule has 0 bridgehead atoms. The zero-order valence-electron chi connectivity index (χ0n) is 18.2. The maximum absolute atomic E-state index is 13.3. The number of anilines is 2. The SMILES string of the molecule is O=C(O)c1cccc(OCC2CCN(c3ccc(NC(=O)c4cc(F)cc(F)c4)cn3)CC2)c1. The number of aromatic nitrogens is 1. The van der Waals surface area contributed by atoms with Crippen LogP contribution in [0.25, 0.3) is 0 Å². The van der Waals surface area contributed by atoms with Gasteiger partial charge >= 0.3 is 5.97 Å². The Morgan fingerprint density at radius 2 is 1.76 bits per heavy atom. The molecule has 1 aromatic heterocycles. The fourth-order valence-corrected chi connectivity index (χ4v) is 3.80. The van der Waals surface area contributed by atoms with Gasteiger partial charge < -0.3 is 20.1 Å². The van der Waals surface area contributed by atoms with Gasteiger partial charge in [0, 0.05) is 24.7 Å². The van der Waals surface area contributed by atoms with E-state index in [4.69, 9.17) is 9.84 Å². The van der Waals surface area contributed by atoms with Gasteiger partial charge in [-0.3, -0.25) is 4.79 Å². The molecular formula is C25H23F2N3O4. The molecule has 2 aromatic carbocycles. The van der Waals surface area contributed by atoms with Crippen LogP contribution in [0.1, 0.15) is 33.6 Å². The van der Waals surface area contributed by atoms with E-state index in [-0.39, 0.29) is 11.1 Å². The van der Waals surface area contributed by atoms with Crippen LogP contribution in [0.4, 0.5) is 20.3 Å². The Kier molecular flexibility index (Phi) is 7.01. The standard InChI is InChI=1S/C25H23F2N3O4/c26-19-10-18(11-20(27)13-19)24(31)29-21-4-5-23(28-14-21)30-8-6-16(7-9-30)15-34-22-3-1-2-17(12-22)25(32)33/h1-5,10-14,16H,6-9,15H2,(H,29,31)(H,32,33). The molecule has 3 aromatic rings. The Bertz CT molecular complexity index is 1160. The minimum absolute atomic E-state index is 0.111. The predicted octanol–water partition coefficient (Wildman–Crippen LogP) is 4.61. The molecule has 0 saturated carbocycles. The second-order valence-electron chi connectivity index (χ2n) is 8.09. The van der Waals surface area contributed by atoms with Crippen LogP contribution < -0.4 is 15.0 Å². The molecule has 1 aliphatic heterocycles. The Morgan fingerprint density at radius 1 is 1.03 bits per heavy atom. The molecule has 1 aliphatic rings. The summed E-state index contributed by atoms with van der Waals surface area (Å²) in [6.45, 7) is 2.07. The molecule has 34 heavy (non-hydrogen) atoms. The van der Waals surface area contributed by atoms with Gasteiger partial charge in [-0.1, -0.05) is 6.07 Å². The van der Waals surface area contributed by atoms with Crippen LogP contribution in [-0.2, 0) is 0 Å². The quantitative estimate of drug-likeness (QED) is 0.528. The van der Waals surface area contributed by atoms with Crippen molar-refractivity contribution in [3.05, 3.63) is 83.6 Å². The number of nitrogens with zero attached hydrogens (tertiary/aromatic N) is 2. The topological polar surface area (TPSA) is 91.8 Å².